The zero-order valence-corrected chi connectivity index (χ0v) is 19.2. The van der Waals surface area contributed by atoms with Gasteiger partial charge >= 0.3 is 18.3 Å². The summed E-state index contributed by atoms with van der Waals surface area (Å²) >= 11 is 0. The second kappa shape index (κ2) is 11.8. The monoisotopic (exact) mass is 520 g/mol. The Labute approximate surface area is 203 Å². The first-order valence-electron chi connectivity index (χ1n) is 11.2. The van der Waals surface area contributed by atoms with Crippen molar-refractivity contribution in [2.45, 2.75) is 38.3 Å². The number of likely N-dealkylation sites (tertiary alicyclic amines) is 1. The highest BCUT2D eigenvalue weighted by Crippen LogP contribution is 2.33. The van der Waals surface area contributed by atoms with Gasteiger partial charge in [-0.15, -0.1) is 0 Å². The number of piperidine rings is 1. The maximum absolute atomic E-state index is 12.6. The molecule has 0 amide bonds. The van der Waals surface area contributed by atoms with Crippen LogP contribution in [0.1, 0.15) is 29.5 Å². The quantitative estimate of drug-likeness (QED) is 0.519. The largest absolute Gasteiger partial charge is 0.490 e. The normalized spacial score (nSPS) is 16.4. The molecule has 0 bridgehead atoms. The molecule has 0 spiro atoms. The first-order valence-corrected chi connectivity index (χ1v) is 11.2. The van der Waals surface area contributed by atoms with E-state index in [9.17, 15) is 26.3 Å². The van der Waals surface area contributed by atoms with E-state index in [1.54, 1.807) is 12.1 Å². The van der Waals surface area contributed by atoms with Crippen molar-refractivity contribution in [3.8, 4) is 11.5 Å². The van der Waals surface area contributed by atoms with Crippen molar-refractivity contribution in [2.24, 2.45) is 5.92 Å². The van der Waals surface area contributed by atoms with E-state index in [4.69, 9.17) is 19.4 Å². The average molecular weight is 520 g/mol. The Morgan fingerprint density at radius 1 is 0.944 bits per heavy atom. The second-order valence-electron chi connectivity index (χ2n) is 8.54. The number of carbonyl (C=O) groups is 1. The highest BCUT2D eigenvalue weighted by molar-refractivity contribution is 5.73. The second-order valence-corrected chi connectivity index (χ2v) is 8.54. The van der Waals surface area contributed by atoms with Crippen LogP contribution in [0.5, 0.6) is 11.5 Å². The van der Waals surface area contributed by atoms with Crippen molar-refractivity contribution in [3.63, 3.8) is 0 Å². The molecule has 0 unspecified atom stereocenters. The van der Waals surface area contributed by atoms with Gasteiger partial charge < -0.3 is 19.9 Å². The zero-order valence-electron chi connectivity index (χ0n) is 19.2. The lowest BCUT2D eigenvalue weighted by atomic mass is 9.96. The third-order valence-electron chi connectivity index (χ3n) is 5.84. The number of hydrogen-bond acceptors (Lipinski definition) is 5. The maximum Gasteiger partial charge on any atom is 0.490 e. The number of nitrogens with one attached hydrogen (secondary N) is 1. The standard InChI is InChI=1S/C22H25F3N2O2.C2HF3O2/c23-22(24,25)19-4-1-16(2-5-19)12-26-13-17-7-9-27(10-8-17)14-18-3-6-20-21(11-18)29-15-28-20;3-2(4,5)1(6)7/h1-6,11,17,26H,7-10,12-15H2;(H,6,7). The molecule has 2 N–H and O–H groups in total. The Bertz CT molecular complexity index is 1000. The smallest absolute Gasteiger partial charge is 0.475 e. The predicted octanol–water partition coefficient (Wildman–Crippen LogP) is 5.07. The van der Waals surface area contributed by atoms with Crippen LogP contribution in [0.15, 0.2) is 42.5 Å². The molecule has 2 aliphatic heterocycles. The Morgan fingerprint density at radius 3 is 2.11 bits per heavy atom. The molecule has 6 nitrogen and oxygen atoms in total. The molecular weight excluding hydrogens is 494 g/mol. The molecule has 0 atom stereocenters. The Morgan fingerprint density at radius 2 is 1.53 bits per heavy atom. The molecule has 2 aliphatic rings. The Hall–Kier alpha value is -2.99. The molecule has 2 aromatic carbocycles. The first kappa shape index (κ1) is 27.6. The van der Waals surface area contributed by atoms with Crippen LogP contribution in [-0.4, -0.2) is 48.6 Å². The SMILES string of the molecule is FC(F)(F)c1ccc(CNCC2CCN(Cc3ccc4c(c3)OCO4)CC2)cc1.O=C(O)C(F)(F)F. The van der Waals surface area contributed by atoms with Crippen LogP contribution in [0, 0.1) is 5.92 Å². The maximum atomic E-state index is 12.6. The molecule has 2 heterocycles. The molecule has 4 rings (SSSR count). The molecular formula is C24H26F6N2O4. The number of halogens is 6. The van der Waals surface area contributed by atoms with E-state index in [2.05, 4.69) is 22.3 Å². The van der Waals surface area contributed by atoms with Crippen LogP contribution < -0.4 is 14.8 Å². The van der Waals surface area contributed by atoms with E-state index in [0.29, 0.717) is 19.3 Å². The van der Waals surface area contributed by atoms with Crippen LogP contribution in [0.4, 0.5) is 26.3 Å². The summed E-state index contributed by atoms with van der Waals surface area (Å²) in [5, 5.41) is 10.5. The molecule has 1 saturated heterocycles. The van der Waals surface area contributed by atoms with Crippen LogP contribution >= 0.6 is 0 Å². The van der Waals surface area contributed by atoms with E-state index < -0.39 is 23.9 Å². The predicted molar refractivity (Wildman–Crippen MR) is 117 cm³/mol. The molecule has 0 aliphatic carbocycles. The summed E-state index contributed by atoms with van der Waals surface area (Å²) in [7, 11) is 0. The number of carboxylic acids is 1. The summed E-state index contributed by atoms with van der Waals surface area (Å²) in [6.45, 7) is 4.77. The van der Waals surface area contributed by atoms with E-state index in [1.165, 1.54) is 5.56 Å². The fourth-order valence-electron chi connectivity index (χ4n) is 3.88. The van der Waals surface area contributed by atoms with Crippen molar-refractivity contribution in [1.82, 2.24) is 10.2 Å². The topological polar surface area (TPSA) is 71.0 Å². The third-order valence-corrected chi connectivity index (χ3v) is 5.84. The van der Waals surface area contributed by atoms with E-state index in [-0.39, 0.29) is 0 Å². The van der Waals surface area contributed by atoms with Crippen molar-refractivity contribution in [3.05, 3.63) is 59.2 Å². The zero-order chi connectivity index (χ0) is 26.3. The first-order chi connectivity index (χ1) is 16.9. The van der Waals surface area contributed by atoms with Gasteiger partial charge in [-0.2, -0.15) is 26.3 Å². The van der Waals surface area contributed by atoms with Gasteiger partial charge in [0.05, 0.1) is 5.56 Å². The Balaban J connectivity index is 0.000000454. The summed E-state index contributed by atoms with van der Waals surface area (Å²) in [6, 6.07) is 11.5. The minimum Gasteiger partial charge on any atom is -0.475 e. The van der Waals surface area contributed by atoms with Gasteiger partial charge in [-0.1, -0.05) is 18.2 Å². The number of rotatable bonds is 6. The Kier molecular flexibility index (Phi) is 9.07. The van der Waals surface area contributed by atoms with Gasteiger partial charge in [0.25, 0.3) is 0 Å². The van der Waals surface area contributed by atoms with Crippen molar-refractivity contribution in [2.75, 3.05) is 26.4 Å². The van der Waals surface area contributed by atoms with Crippen molar-refractivity contribution in [1.29, 1.82) is 0 Å². The highest BCUT2D eigenvalue weighted by atomic mass is 19.4. The molecule has 1 fully saturated rings. The van der Waals surface area contributed by atoms with Gasteiger partial charge in [0.1, 0.15) is 0 Å². The van der Waals surface area contributed by atoms with Crippen LogP contribution in [0.3, 0.4) is 0 Å². The van der Waals surface area contributed by atoms with Gasteiger partial charge in [0.15, 0.2) is 11.5 Å². The van der Waals surface area contributed by atoms with Gasteiger partial charge in [0, 0.05) is 13.1 Å². The van der Waals surface area contributed by atoms with Crippen molar-refractivity contribution >= 4 is 5.97 Å². The summed E-state index contributed by atoms with van der Waals surface area (Å²) in [5.74, 6) is -0.526. The molecule has 0 saturated carbocycles. The van der Waals surface area contributed by atoms with Crippen LogP contribution in [0.25, 0.3) is 0 Å². The molecule has 2 aromatic rings. The summed E-state index contributed by atoms with van der Waals surface area (Å²) in [4.78, 5) is 11.3. The van der Waals surface area contributed by atoms with Gasteiger partial charge in [-0.3, -0.25) is 4.90 Å². The van der Waals surface area contributed by atoms with Gasteiger partial charge in [-0.05, 0) is 73.8 Å². The number of fused-ring (bicyclic) bond motifs is 1. The molecule has 36 heavy (non-hydrogen) atoms. The fourth-order valence-corrected chi connectivity index (χ4v) is 3.88. The fraction of sp³-hybridized carbons (Fsp3) is 0.458. The van der Waals surface area contributed by atoms with E-state index >= 15 is 0 Å². The van der Waals surface area contributed by atoms with Gasteiger partial charge in [-0.25, -0.2) is 4.79 Å². The van der Waals surface area contributed by atoms with E-state index in [1.807, 2.05) is 6.07 Å². The lowest BCUT2D eigenvalue weighted by molar-refractivity contribution is -0.192. The highest BCUT2D eigenvalue weighted by Gasteiger charge is 2.38. The molecule has 198 valence electrons. The summed E-state index contributed by atoms with van der Waals surface area (Å²) in [5.41, 5.74) is 1.50. The van der Waals surface area contributed by atoms with Gasteiger partial charge in [0.2, 0.25) is 6.79 Å². The molecule has 0 radical (unpaired) electrons. The molecule has 0 aromatic heterocycles. The van der Waals surface area contributed by atoms with Crippen molar-refractivity contribution < 1.29 is 45.7 Å². The average Bonchev–Trinajstić information content (AvgIpc) is 3.28. The number of benzene rings is 2. The number of ether oxygens (including phenoxy) is 2. The lowest BCUT2D eigenvalue weighted by Crippen LogP contribution is -2.36. The van der Waals surface area contributed by atoms with Crippen LogP contribution in [0.2, 0.25) is 0 Å². The number of aliphatic carboxylic acids is 1. The number of nitrogens with zero attached hydrogens (tertiary/aromatic N) is 1. The van der Waals surface area contributed by atoms with E-state index in [0.717, 1.165) is 68.2 Å². The summed E-state index contributed by atoms with van der Waals surface area (Å²) in [6.07, 6.45) is -7.13. The van der Waals surface area contributed by atoms with Crippen LogP contribution in [-0.2, 0) is 24.1 Å². The summed E-state index contributed by atoms with van der Waals surface area (Å²) < 4.78 is 80.4. The molecule has 12 heteroatoms. The minimum absolute atomic E-state index is 0.295. The lowest BCUT2D eigenvalue weighted by Gasteiger charge is -2.32. The third kappa shape index (κ3) is 8.30. The number of hydrogen-bond donors (Lipinski definition) is 2. The minimum atomic E-state index is -5.08. The number of alkyl halides is 6. The number of carboxylic acid groups (broad SMARTS) is 1.